The maximum absolute atomic E-state index is 12.0. The van der Waals surface area contributed by atoms with Crippen molar-refractivity contribution in [3.05, 3.63) is 23.3 Å². The SMILES string of the molecule is CCCCCCCCCC(=O)Oc1cc(C)c(O)c(C(C)(C)C)c1. The number of benzene rings is 1. The number of aromatic hydroxyl groups is 1. The first-order valence-corrected chi connectivity index (χ1v) is 9.30. The molecule has 0 amide bonds. The van der Waals surface area contributed by atoms with Crippen LogP contribution in [0.3, 0.4) is 0 Å². The van der Waals surface area contributed by atoms with Crippen LogP contribution in [0.2, 0.25) is 0 Å². The van der Waals surface area contributed by atoms with Crippen LogP contribution in [0.1, 0.15) is 90.2 Å². The zero-order valence-electron chi connectivity index (χ0n) is 16.1. The Bertz CT molecular complexity index is 527. The van der Waals surface area contributed by atoms with Gasteiger partial charge in [-0.2, -0.15) is 0 Å². The number of rotatable bonds is 9. The van der Waals surface area contributed by atoms with E-state index in [0.29, 0.717) is 12.2 Å². The molecule has 0 atom stereocenters. The van der Waals surface area contributed by atoms with Crippen molar-refractivity contribution in [1.29, 1.82) is 0 Å². The van der Waals surface area contributed by atoms with Crippen molar-refractivity contribution in [2.45, 2.75) is 91.4 Å². The van der Waals surface area contributed by atoms with Crippen LogP contribution in [0.5, 0.6) is 11.5 Å². The second kappa shape index (κ2) is 9.71. The van der Waals surface area contributed by atoms with E-state index in [4.69, 9.17) is 4.74 Å². The number of ether oxygens (including phenoxy) is 1. The van der Waals surface area contributed by atoms with Crippen LogP contribution in [0.4, 0.5) is 0 Å². The first kappa shape index (κ1) is 20.5. The van der Waals surface area contributed by atoms with Crippen LogP contribution in [0.25, 0.3) is 0 Å². The van der Waals surface area contributed by atoms with Gasteiger partial charge in [-0.05, 0) is 36.5 Å². The van der Waals surface area contributed by atoms with Crippen molar-refractivity contribution in [1.82, 2.24) is 0 Å². The van der Waals surface area contributed by atoms with Crippen LogP contribution in [-0.2, 0) is 10.2 Å². The van der Waals surface area contributed by atoms with E-state index in [1.54, 1.807) is 12.1 Å². The van der Waals surface area contributed by atoms with Crippen LogP contribution >= 0.6 is 0 Å². The fourth-order valence-electron chi connectivity index (χ4n) is 2.79. The molecule has 0 spiro atoms. The van der Waals surface area contributed by atoms with Gasteiger partial charge in [-0.25, -0.2) is 0 Å². The summed E-state index contributed by atoms with van der Waals surface area (Å²) in [4.78, 5) is 12.0. The monoisotopic (exact) mass is 334 g/mol. The minimum absolute atomic E-state index is 0.187. The molecule has 0 bridgehead atoms. The summed E-state index contributed by atoms with van der Waals surface area (Å²) in [6, 6.07) is 3.51. The van der Waals surface area contributed by atoms with Gasteiger partial charge >= 0.3 is 5.97 Å². The highest BCUT2D eigenvalue weighted by Gasteiger charge is 2.21. The average molecular weight is 335 g/mol. The summed E-state index contributed by atoms with van der Waals surface area (Å²) in [7, 11) is 0. The molecular weight excluding hydrogens is 300 g/mol. The smallest absolute Gasteiger partial charge is 0.311 e. The molecule has 3 heteroatoms. The molecule has 1 rings (SSSR count). The summed E-state index contributed by atoms with van der Waals surface area (Å²) in [5.41, 5.74) is 1.35. The Labute approximate surface area is 147 Å². The van der Waals surface area contributed by atoms with Gasteiger partial charge in [0.1, 0.15) is 11.5 Å². The van der Waals surface area contributed by atoms with Crippen molar-refractivity contribution in [2.24, 2.45) is 0 Å². The standard InChI is InChI=1S/C21H34O3/c1-6-7-8-9-10-11-12-13-19(22)24-17-14-16(2)20(23)18(15-17)21(3,4)5/h14-15,23H,6-13H2,1-5H3. The minimum atomic E-state index is -0.199. The molecule has 0 saturated heterocycles. The van der Waals surface area contributed by atoms with E-state index in [-0.39, 0.29) is 17.1 Å². The summed E-state index contributed by atoms with van der Waals surface area (Å²) in [5.74, 6) is 0.631. The third-order valence-electron chi connectivity index (χ3n) is 4.30. The lowest BCUT2D eigenvalue weighted by molar-refractivity contribution is -0.134. The lowest BCUT2D eigenvalue weighted by atomic mass is 9.85. The van der Waals surface area contributed by atoms with Crippen molar-refractivity contribution in [3.8, 4) is 11.5 Å². The number of phenolic OH excluding ortho intramolecular Hbond substituents is 1. The molecule has 0 aliphatic rings. The first-order valence-electron chi connectivity index (χ1n) is 9.30. The first-order chi connectivity index (χ1) is 11.3. The maximum Gasteiger partial charge on any atom is 0.311 e. The molecule has 0 heterocycles. The quantitative estimate of drug-likeness (QED) is 0.340. The number of carbonyl (C=O) groups is 1. The molecule has 0 aliphatic carbocycles. The Kier molecular flexibility index (Phi) is 8.30. The second-order valence-electron chi connectivity index (χ2n) is 7.73. The Morgan fingerprint density at radius 2 is 1.62 bits per heavy atom. The number of phenols is 1. The Morgan fingerprint density at radius 3 is 2.21 bits per heavy atom. The highest BCUT2D eigenvalue weighted by Crippen LogP contribution is 2.36. The van der Waals surface area contributed by atoms with E-state index in [1.807, 2.05) is 27.7 Å². The number of hydrogen-bond acceptors (Lipinski definition) is 3. The Balaban J connectivity index is 2.49. The molecule has 1 aromatic rings. The number of hydrogen-bond donors (Lipinski definition) is 1. The molecule has 3 nitrogen and oxygen atoms in total. The van der Waals surface area contributed by atoms with Crippen LogP contribution in [0.15, 0.2) is 12.1 Å². The van der Waals surface area contributed by atoms with Crippen LogP contribution in [-0.4, -0.2) is 11.1 Å². The van der Waals surface area contributed by atoms with E-state index in [2.05, 4.69) is 6.92 Å². The summed E-state index contributed by atoms with van der Waals surface area (Å²) in [6.45, 7) is 10.1. The van der Waals surface area contributed by atoms with Gasteiger partial charge < -0.3 is 9.84 Å². The zero-order valence-corrected chi connectivity index (χ0v) is 16.1. The zero-order chi connectivity index (χ0) is 18.2. The van der Waals surface area contributed by atoms with Gasteiger partial charge in [0.2, 0.25) is 0 Å². The van der Waals surface area contributed by atoms with Gasteiger partial charge in [0.25, 0.3) is 0 Å². The van der Waals surface area contributed by atoms with E-state index >= 15 is 0 Å². The van der Waals surface area contributed by atoms with Gasteiger partial charge in [0.05, 0.1) is 0 Å². The number of carbonyl (C=O) groups excluding carboxylic acids is 1. The van der Waals surface area contributed by atoms with Crippen molar-refractivity contribution in [2.75, 3.05) is 0 Å². The van der Waals surface area contributed by atoms with E-state index in [9.17, 15) is 9.90 Å². The van der Waals surface area contributed by atoms with Gasteiger partial charge in [-0.3, -0.25) is 4.79 Å². The molecule has 24 heavy (non-hydrogen) atoms. The van der Waals surface area contributed by atoms with E-state index < -0.39 is 0 Å². The number of aryl methyl sites for hydroxylation is 1. The Morgan fingerprint density at radius 1 is 1.04 bits per heavy atom. The third kappa shape index (κ3) is 6.94. The van der Waals surface area contributed by atoms with Crippen molar-refractivity contribution in [3.63, 3.8) is 0 Å². The van der Waals surface area contributed by atoms with Gasteiger partial charge in [-0.1, -0.05) is 66.2 Å². The van der Waals surface area contributed by atoms with Crippen molar-refractivity contribution < 1.29 is 14.6 Å². The lowest BCUT2D eigenvalue weighted by Gasteiger charge is -2.22. The summed E-state index contributed by atoms with van der Waals surface area (Å²) < 4.78 is 5.48. The maximum atomic E-state index is 12.0. The second-order valence-corrected chi connectivity index (χ2v) is 7.73. The summed E-state index contributed by atoms with van der Waals surface area (Å²) >= 11 is 0. The normalized spacial score (nSPS) is 11.5. The fraction of sp³-hybridized carbons (Fsp3) is 0.667. The fourth-order valence-corrected chi connectivity index (χ4v) is 2.79. The highest BCUT2D eigenvalue weighted by atomic mass is 16.5. The minimum Gasteiger partial charge on any atom is -0.507 e. The van der Waals surface area contributed by atoms with Gasteiger partial charge in [0, 0.05) is 12.0 Å². The molecular formula is C21H34O3. The molecule has 136 valence electrons. The van der Waals surface area contributed by atoms with E-state index in [0.717, 1.165) is 24.0 Å². The molecule has 1 aromatic carbocycles. The topological polar surface area (TPSA) is 46.5 Å². The van der Waals surface area contributed by atoms with Gasteiger partial charge in [0.15, 0.2) is 0 Å². The molecule has 0 saturated carbocycles. The summed E-state index contributed by atoms with van der Waals surface area (Å²) in [5, 5.41) is 10.2. The largest absolute Gasteiger partial charge is 0.507 e. The molecule has 0 unspecified atom stereocenters. The molecule has 1 N–H and O–H groups in total. The third-order valence-corrected chi connectivity index (χ3v) is 4.30. The molecule has 0 radical (unpaired) electrons. The molecule has 0 aliphatic heterocycles. The highest BCUT2D eigenvalue weighted by molar-refractivity contribution is 5.72. The predicted molar refractivity (Wildman–Crippen MR) is 99.8 cm³/mol. The van der Waals surface area contributed by atoms with Crippen molar-refractivity contribution >= 4 is 5.97 Å². The molecule has 0 fully saturated rings. The lowest BCUT2D eigenvalue weighted by Crippen LogP contribution is -2.13. The predicted octanol–water partition coefficient (Wildman–Crippen LogP) is 6.04. The summed E-state index contributed by atoms with van der Waals surface area (Å²) in [6.07, 6.45) is 8.73. The van der Waals surface area contributed by atoms with Gasteiger partial charge in [-0.15, -0.1) is 0 Å². The van der Waals surface area contributed by atoms with Crippen LogP contribution < -0.4 is 4.74 Å². The molecule has 0 aromatic heterocycles. The van der Waals surface area contributed by atoms with E-state index in [1.165, 1.54) is 32.1 Å². The Hall–Kier alpha value is -1.51. The van der Waals surface area contributed by atoms with Crippen LogP contribution in [0, 0.1) is 6.92 Å². The number of unbranched alkanes of at least 4 members (excludes halogenated alkanes) is 6. The average Bonchev–Trinajstić information content (AvgIpc) is 2.48. The number of esters is 1.